The number of ether oxygens (including phenoxy) is 1. The van der Waals surface area contributed by atoms with Crippen molar-refractivity contribution in [2.24, 2.45) is 35.5 Å². The minimum atomic E-state index is 0.0289. The van der Waals surface area contributed by atoms with E-state index in [1.54, 1.807) is 0 Å². The molecule has 2 nitrogen and oxygen atoms in total. The highest BCUT2D eigenvalue weighted by atomic mass is 16.5. The molecule has 3 fully saturated rings. The van der Waals surface area contributed by atoms with E-state index in [9.17, 15) is 4.79 Å². The van der Waals surface area contributed by atoms with Crippen molar-refractivity contribution in [2.45, 2.75) is 52.4 Å². The van der Waals surface area contributed by atoms with Crippen LogP contribution in [-0.2, 0) is 9.53 Å². The standard InChI is InChI=1S/C16H26O2/c1-10-11(2)15-9-14(10)8-13(15)4-3-12-5-6-18-16(17)7-12/h10-15H,3-9H2,1-2H3. The lowest BCUT2D eigenvalue weighted by molar-refractivity contribution is -0.149. The van der Waals surface area contributed by atoms with Crippen LogP contribution in [0.1, 0.15) is 52.4 Å². The van der Waals surface area contributed by atoms with E-state index in [-0.39, 0.29) is 5.97 Å². The monoisotopic (exact) mass is 250 g/mol. The van der Waals surface area contributed by atoms with Crippen molar-refractivity contribution in [2.75, 3.05) is 6.61 Å². The number of esters is 1. The average molecular weight is 250 g/mol. The summed E-state index contributed by atoms with van der Waals surface area (Å²) in [6.45, 7) is 5.57. The molecule has 0 aromatic carbocycles. The van der Waals surface area contributed by atoms with Crippen LogP contribution in [0.2, 0.25) is 0 Å². The van der Waals surface area contributed by atoms with Crippen molar-refractivity contribution in [3.8, 4) is 0 Å². The molecule has 3 aliphatic rings. The van der Waals surface area contributed by atoms with Crippen LogP contribution in [0, 0.1) is 35.5 Å². The Hall–Kier alpha value is -0.530. The smallest absolute Gasteiger partial charge is 0.306 e. The summed E-state index contributed by atoms with van der Waals surface area (Å²) in [5, 5.41) is 0. The molecule has 2 aliphatic carbocycles. The van der Waals surface area contributed by atoms with Crippen molar-refractivity contribution in [3.63, 3.8) is 0 Å². The predicted molar refractivity (Wildman–Crippen MR) is 70.9 cm³/mol. The highest BCUT2D eigenvalue weighted by Crippen LogP contribution is 2.56. The highest BCUT2D eigenvalue weighted by molar-refractivity contribution is 5.70. The molecular formula is C16H26O2. The van der Waals surface area contributed by atoms with Crippen molar-refractivity contribution < 1.29 is 9.53 Å². The quantitative estimate of drug-likeness (QED) is 0.715. The second-order valence-electron chi connectivity index (χ2n) is 7.03. The Labute approximate surface area is 110 Å². The molecule has 0 spiro atoms. The molecule has 1 aliphatic heterocycles. The van der Waals surface area contributed by atoms with E-state index < -0.39 is 0 Å². The Kier molecular flexibility index (Phi) is 3.38. The number of cyclic esters (lactones) is 1. The zero-order valence-electron chi connectivity index (χ0n) is 11.7. The van der Waals surface area contributed by atoms with Gasteiger partial charge in [-0.1, -0.05) is 13.8 Å². The third-order valence-corrected chi connectivity index (χ3v) is 6.22. The molecule has 3 rings (SSSR count). The molecule has 6 unspecified atom stereocenters. The second kappa shape index (κ2) is 4.86. The Morgan fingerprint density at radius 3 is 2.67 bits per heavy atom. The van der Waals surface area contributed by atoms with Crippen molar-refractivity contribution >= 4 is 5.97 Å². The summed E-state index contributed by atoms with van der Waals surface area (Å²) in [5.74, 6) is 5.48. The van der Waals surface area contributed by atoms with Crippen LogP contribution in [0.3, 0.4) is 0 Å². The van der Waals surface area contributed by atoms with Gasteiger partial charge in [0, 0.05) is 6.42 Å². The van der Waals surface area contributed by atoms with Crippen LogP contribution >= 0.6 is 0 Å². The van der Waals surface area contributed by atoms with Gasteiger partial charge in [0.25, 0.3) is 0 Å². The fourth-order valence-corrected chi connectivity index (χ4v) is 4.86. The summed E-state index contributed by atoms with van der Waals surface area (Å²) >= 11 is 0. The summed E-state index contributed by atoms with van der Waals surface area (Å²) in [6, 6.07) is 0. The molecule has 0 aromatic rings. The number of fused-ring (bicyclic) bond motifs is 2. The molecule has 18 heavy (non-hydrogen) atoms. The molecule has 0 radical (unpaired) electrons. The van der Waals surface area contributed by atoms with Crippen LogP contribution in [0.4, 0.5) is 0 Å². The first kappa shape index (κ1) is 12.5. The number of hydrogen-bond acceptors (Lipinski definition) is 2. The van der Waals surface area contributed by atoms with Gasteiger partial charge in [-0.25, -0.2) is 0 Å². The Bertz CT molecular complexity index is 323. The highest BCUT2D eigenvalue weighted by Gasteiger charge is 2.48. The number of rotatable bonds is 3. The molecular weight excluding hydrogens is 224 g/mol. The van der Waals surface area contributed by atoms with E-state index in [0.29, 0.717) is 18.9 Å². The summed E-state index contributed by atoms with van der Waals surface area (Å²) in [5.41, 5.74) is 0. The van der Waals surface area contributed by atoms with E-state index in [4.69, 9.17) is 4.74 Å². The fraction of sp³-hybridized carbons (Fsp3) is 0.938. The fourth-order valence-electron chi connectivity index (χ4n) is 4.86. The zero-order valence-corrected chi connectivity index (χ0v) is 11.7. The van der Waals surface area contributed by atoms with Crippen LogP contribution in [0.15, 0.2) is 0 Å². The maximum atomic E-state index is 11.3. The lowest BCUT2D eigenvalue weighted by Crippen LogP contribution is -2.26. The molecule has 1 heterocycles. The lowest BCUT2D eigenvalue weighted by atomic mass is 9.73. The first-order chi connectivity index (χ1) is 8.65. The van der Waals surface area contributed by atoms with E-state index in [1.165, 1.54) is 25.7 Å². The van der Waals surface area contributed by atoms with Gasteiger partial charge in [0.05, 0.1) is 6.61 Å². The van der Waals surface area contributed by atoms with Gasteiger partial charge in [-0.15, -0.1) is 0 Å². The van der Waals surface area contributed by atoms with Crippen molar-refractivity contribution in [3.05, 3.63) is 0 Å². The summed E-state index contributed by atoms with van der Waals surface area (Å²) in [6.07, 6.45) is 7.33. The molecule has 0 N–H and O–H groups in total. The maximum absolute atomic E-state index is 11.3. The first-order valence-electron chi connectivity index (χ1n) is 7.80. The summed E-state index contributed by atoms with van der Waals surface area (Å²) in [4.78, 5) is 11.3. The van der Waals surface area contributed by atoms with Gasteiger partial charge in [-0.05, 0) is 67.6 Å². The van der Waals surface area contributed by atoms with E-state index in [2.05, 4.69) is 13.8 Å². The zero-order chi connectivity index (χ0) is 12.7. The van der Waals surface area contributed by atoms with Gasteiger partial charge in [-0.3, -0.25) is 4.79 Å². The van der Waals surface area contributed by atoms with Gasteiger partial charge in [0.15, 0.2) is 0 Å². The summed E-state index contributed by atoms with van der Waals surface area (Å²) in [7, 11) is 0. The SMILES string of the molecule is CC1C2CC(CCC3CCOC(=O)C3)C(C2)C1C. The van der Waals surface area contributed by atoms with Gasteiger partial charge in [0.2, 0.25) is 0 Å². The lowest BCUT2D eigenvalue weighted by Gasteiger charge is -2.33. The van der Waals surface area contributed by atoms with E-state index >= 15 is 0 Å². The van der Waals surface area contributed by atoms with Crippen LogP contribution in [-0.4, -0.2) is 12.6 Å². The Morgan fingerprint density at radius 2 is 2.00 bits per heavy atom. The molecule has 0 amide bonds. The van der Waals surface area contributed by atoms with Gasteiger partial charge in [0.1, 0.15) is 0 Å². The normalized spacial score (nSPS) is 47.3. The maximum Gasteiger partial charge on any atom is 0.306 e. The molecule has 6 atom stereocenters. The molecule has 1 saturated heterocycles. The second-order valence-corrected chi connectivity index (χ2v) is 7.03. The van der Waals surface area contributed by atoms with Crippen LogP contribution in [0.5, 0.6) is 0 Å². The van der Waals surface area contributed by atoms with Crippen LogP contribution < -0.4 is 0 Å². The molecule has 2 heteroatoms. The Balaban J connectivity index is 1.48. The van der Waals surface area contributed by atoms with E-state index in [0.717, 1.165) is 36.0 Å². The van der Waals surface area contributed by atoms with Gasteiger partial charge in [-0.2, -0.15) is 0 Å². The van der Waals surface area contributed by atoms with Crippen molar-refractivity contribution in [1.29, 1.82) is 0 Å². The minimum absolute atomic E-state index is 0.0289. The average Bonchev–Trinajstić information content (AvgIpc) is 2.88. The summed E-state index contributed by atoms with van der Waals surface area (Å²) < 4.78 is 5.02. The third-order valence-electron chi connectivity index (χ3n) is 6.22. The van der Waals surface area contributed by atoms with Crippen LogP contribution in [0.25, 0.3) is 0 Å². The van der Waals surface area contributed by atoms with Gasteiger partial charge >= 0.3 is 5.97 Å². The molecule has 2 bridgehead atoms. The third kappa shape index (κ3) is 2.19. The minimum Gasteiger partial charge on any atom is -0.466 e. The Morgan fingerprint density at radius 1 is 1.17 bits per heavy atom. The molecule has 0 aromatic heterocycles. The molecule has 102 valence electrons. The van der Waals surface area contributed by atoms with Crippen molar-refractivity contribution in [1.82, 2.24) is 0 Å². The molecule has 2 saturated carbocycles. The largest absolute Gasteiger partial charge is 0.466 e. The number of carbonyl (C=O) groups is 1. The topological polar surface area (TPSA) is 26.3 Å². The predicted octanol–water partition coefficient (Wildman–Crippen LogP) is 3.65. The number of carbonyl (C=O) groups excluding carboxylic acids is 1. The van der Waals surface area contributed by atoms with Gasteiger partial charge < -0.3 is 4.74 Å². The van der Waals surface area contributed by atoms with E-state index in [1.807, 2.05) is 0 Å². The number of hydrogen-bond donors (Lipinski definition) is 0. The first-order valence-corrected chi connectivity index (χ1v) is 7.80.